The van der Waals surface area contributed by atoms with Crippen molar-refractivity contribution in [1.82, 2.24) is 4.37 Å². The van der Waals surface area contributed by atoms with Crippen LogP contribution in [0.1, 0.15) is 35.3 Å². The van der Waals surface area contributed by atoms with Gasteiger partial charge in [-0.3, -0.25) is 0 Å². The molecule has 1 heterocycles. The Morgan fingerprint density at radius 2 is 1.95 bits per heavy atom. The molecule has 0 radical (unpaired) electrons. The van der Waals surface area contributed by atoms with Crippen LogP contribution in [0.3, 0.4) is 0 Å². The molecule has 0 aliphatic heterocycles. The van der Waals surface area contributed by atoms with E-state index in [1.165, 1.54) is 17.1 Å². The lowest BCUT2D eigenvalue weighted by atomic mass is 10.1. The number of hydrogen-bond acceptors (Lipinski definition) is 6. The molecule has 112 valence electrons. The molecule has 1 aromatic carbocycles. The molecule has 6 heteroatoms. The first-order valence-electron chi connectivity index (χ1n) is 6.89. The number of carbonyl (C=O) groups excluding carboxylic acids is 1. The number of nitrogen functional groups attached to an aromatic ring is 1. The first kappa shape index (κ1) is 15.3. The third kappa shape index (κ3) is 3.72. The Morgan fingerprint density at radius 3 is 2.57 bits per heavy atom. The average Bonchev–Trinajstić information content (AvgIpc) is 2.87. The number of benzene rings is 1. The number of esters is 1. The zero-order valence-electron chi connectivity index (χ0n) is 12.2. The molecule has 0 aliphatic rings. The molecule has 0 atom stereocenters. The highest BCUT2D eigenvalue weighted by Gasteiger charge is 2.20. The van der Waals surface area contributed by atoms with Gasteiger partial charge in [-0.25, -0.2) is 4.79 Å². The fourth-order valence-corrected chi connectivity index (χ4v) is 2.60. The minimum absolute atomic E-state index is 0.210. The van der Waals surface area contributed by atoms with Gasteiger partial charge in [0.25, 0.3) is 0 Å². The molecular formula is C15H19N3O2S. The summed E-state index contributed by atoms with van der Waals surface area (Å²) in [7, 11) is 0. The zero-order valence-corrected chi connectivity index (χ0v) is 13.0. The van der Waals surface area contributed by atoms with Crippen molar-refractivity contribution in [3.05, 3.63) is 41.0 Å². The van der Waals surface area contributed by atoms with Crippen molar-refractivity contribution >= 4 is 28.3 Å². The molecule has 3 N–H and O–H groups in total. The summed E-state index contributed by atoms with van der Waals surface area (Å²) in [6, 6.07) is 8.34. The summed E-state index contributed by atoms with van der Waals surface area (Å²) in [5, 5.41) is 3.85. The first-order chi connectivity index (χ1) is 10.2. The van der Waals surface area contributed by atoms with Crippen molar-refractivity contribution in [2.45, 2.75) is 26.8 Å². The quantitative estimate of drug-likeness (QED) is 0.802. The summed E-state index contributed by atoms with van der Waals surface area (Å²) < 4.78 is 9.01. The normalized spacial score (nSPS) is 10.4. The maximum absolute atomic E-state index is 11.9. The van der Waals surface area contributed by atoms with Gasteiger partial charge in [0.05, 0.1) is 6.61 Å². The predicted octanol–water partition coefficient (Wildman–Crippen LogP) is 3.08. The number of aryl methyl sites for hydroxylation is 1. The number of nitrogens with two attached hydrogens (primary N) is 1. The van der Waals surface area contributed by atoms with Gasteiger partial charge in [0, 0.05) is 6.54 Å². The van der Waals surface area contributed by atoms with Crippen LogP contribution in [-0.4, -0.2) is 16.9 Å². The van der Waals surface area contributed by atoms with Crippen molar-refractivity contribution in [3.8, 4) is 0 Å². The molecule has 0 saturated heterocycles. The lowest BCUT2D eigenvalue weighted by molar-refractivity contribution is 0.0529. The van der Waals surface area contributed by atoms with Crippen molar-refractivity contribution in [1.29, 1.82) is 0 Å². The standard InChI is InChI=1S/C15H19N3O2S/c1-3-10-5-7-11(8-6-10)9-17-14-12(13(16)18-21-14)15(19)20-4-2/h5-8,17H,3-4,9H2,1-2H3,(H2,16,18). The molecule has 0 aliphatic carbocycles. The number of hydrogen-bond donors (Lipinski definition) is 2. The fourth-order valence-electron chi connectivity index (χ4n) is 1.90. The van der Waals surface area contributed by atoms with Crippen LogP contribution in [0, 0.1) is 0 Å². The Kier molecular flexibility index (Phi) is 5.16. The molecule has 0 fully saturated rings. The van der Waals surface area contributed by atoms with Gasteiger partial charge in [0.15, 0.2) is 5.82 Å². The lowest BCUT2D eigenvalue weighted by Gasteiger charge is -2.07. The molecule has 0 unspecified atom stereocenters. The monoisotopic (exact) mass is 305 g/mol. The Labute approximate surface area is 128 Å². The van der Waals surface area contributed by atoms with Crippen LogP contribution in [0.2, 0.25) is 0 Å². The number of rotatable bonds is 6. The average molecular weight is 305 g/mol. The maximum Gasteiger partial charge on any atom is 0.344 e. The van der Waals surface area contributed by atoms with E-state index in [4.69, 9.17) is 10.5 Å². The lowest BCUT2D eigenvalue weighted by Crippen LogP contribution is -2.10. The summed E-state index contributed by atoms with van der Waals surface area (Å²) in [5.74, 6) is -0.227. The predicted molar refractivity (Wildman–Crippen MR) is 85.6 cm³/mol. The molecule has 21 heavy (non-hydrogen) atoms. The third-order valence-electron chi connectivity index (χ3n) is 3.08. The molecular weight excluding hydrogens is 286 g/mol. The highest BCUT2D eigenvalue weighted by Crippen LogP contribution is 2.28. The minimum Gasteiger partial charge on any atom is -0.462 e. The SMILES string of the molecule is CCOC(=O)c1c(N)nsc1NCc1ccc(CC)cc1. The Bertz CT molecular complexity index is 608. The van der Waals surface area contributed by atoms with Crippen molar-refractivity contribution in [3.63, 3.8) is 0 Å². The highest BCUT2D eigenvalue weighted by molar-refractivity contribution is 7.11. The van der Waals surface area contributed by atoms with E-state index in [1.807, 2.05) is 0 Å². The van der Waals surface area contributed by atoms with E-state index in [2.05, 4.69) is 40.9 Å². The molecule has 1 aromatic heterocycles. The molecule has 0 bridgehead atoms. The summed E-state index contributed by atoms with van der Waals surface area (Å²) in [6.07, 6.45) is 1.02. The van der Waals surface area contributed by atoms with E-state index in [9.17, 15) is 4.79 Å². The summed E-state index contributed by atoms with van der Waals surface area (Å²) >= 11 is 1.17. The van der Waals surface area contributed by atoms with Crippen molar-refractivity contribution < 1.29 is 9.53 Å². The molecule has 2 aromatic rings. The maximum atomic E-state index is 11.9. The van der Waals surface area contributed by atoms with Crippen LogP contribution in [0.4, 0.5) is 10.8 Å². The second-order valence-corrected chi connectivity index (χ2v) is 5.29. The molecule has 2 rings (SSSR count). The molecule has 5 nitrogen and oxygen atoms in total. The summed E-state index contributed by atoms with van der Waals surface area (Å²) in [4.78, 5) is 11.9. The summed E-state index contributed by atoms with van der Waals surface area (Å²) in [5.41, 5.74) is 8.50. The van der Waals surface area contributed by atoms with Crippen LogP contribution in [-0.2, 0) is 17.7 Å². The van der Waals surface area contributed by atoms with E-state index in [-0.39, 0.29) is 5.82 Å². The third-order valence-corrected chi connectivity index (χ3v) is 3.90. The number of aromatic nitrogens is 1. The Balaban J connectivity index is 2.07. The van der Waals surface area contributed by atoms with Gasteiger partial charge in [0.1, 0.15) is 10.6 Å². The second-order valence-electron chi connectivity index (χ2n) is 4.52. The van der Waals surface area contributed by atoms with E-state index >= 15 is 0 Å². The van der Waals surface area contributed by atoms with Gasteiger partial charge in [-0.05, 0) is 36.0 Å². The molecule has 0 saturated carbocycles. The molecule has 0 spiro atoms. The van der Waals surface area contributed by atoms with Crippen LogP contribution in [0.15, 0.2) is 24.3 Å². The van der Waals surface area contributed by atoms with Gasteiger partial charge in [0.2, 0.25) is 0 Å². The van der Waals surface area contributed by atoms with Crippen LogP contribution in [0.5, 0.6) is 0 Å². The Morgan fingerprint density at radius 1 is 1.29 bits per heavy atom. The number of carbonyl (C=O) groups is 1. The Hall–Kier alpha value is -2.08. The van der Waals surface area contributed by atoms with E-state index < -0.39 is 5.97 Å². The van der Waals surface area contributed by atoms with Gasteiger partial charge >= 0.3 is 5.97 Å². The second kappa shape index (κ2) is 7.08. The first-order valence-corrected chi connectivity index (χ1v) is 7.67. The number of ether oxygens (including phenoxy) is 1. The highest BCUT2D eigenvalue weighted by atomic mass is 32.1. The van der Waals surface area contributed by atoms with Crippen LogP contribution in [0.25, 0.3) is 0 Å². The number of nitrogens with one attached hydrogen (secondary N) is 1. The number of anilines is 2. The van der Waals surface area contributed by atoms with Gasteiger partial charge < -0.3 is 15.8 Å². The number of nitrogens with zero attached hydrogens (tertiary/aromatic N) is 1. The fraction of sp³-hybridized carbons (Fsp3) is 0.333. The van der Waals surface area contributed by atoms with Gasteiger partial charge in [-0.2, -0.15) is 4.37 Å². The van der Waals surface area contributed by atoms with E-state index in [0.717, 1.165) is 12.0 Å². The largest absolute Gasteiger partial charge is 0.462 e. The van der Waals surface area contributed by atoms with Crippen LogP contribution >= 0.6 is 11.5 Å². The minimum atomic E-state index is -0.437. The van der Waals surface area contributed by atoms with Gasteiger partial charge in [-0.15, -0.1) is 0 Å². The van der Waals surface area contributed by atoms with Crippen molar-refractivity contribution in [2.24, 2.45) is 0 Å². The summed E-state index contributed by atoms with van der Waals surface area (Å²) in [6.45, 7) is 4.80. The van der Waals surface area contributed by atoms with Crippen molar-refractivity contribution in [2.75, 3.05) is 17.7 Å². The topological polar surface area (TPSA) is 77.2 Å². The van der Waals surface area contributed by atoms with Crippen LogP contribution < -0.4 is 11.1 Å². The van der Waals surface area contributed by atoms with Gasteiger partial charge in [-0.1, -0.05) is 31.2 Å². The smallest absolute Gasteiger partial charge is 0.344 e. The molecule has 0 amide bonds. The zero-order chi connectivity index (χ0) is 15.2. The van der Waals surface area contributed by atoms with E-state index in [1.54, 1.807) is 6.92 Å². The van der Waals surface area contributed by atoms with E-state index in [0.29, 0.717) is 23.7 Å².